The van der Waals surface area contributed by atoms with E-state index in [1.807, 2.05) is 35.2 Å². The molecule has 6 heteroatoms. The van der Waals surface area contributed by atoms with Gasteiger partial charge in [-0.25, -0.2) is 4.79 Å². The number of halogens is 1. The van der Waals surface area contributed by atoms with Gasteiger partial charge in [-0.1, -0.05) is 35.9 Å². The van der Waals surface area contributed by atoms with Crippen LogP contribution < -0.4 is 5.32 Å². The van der Waals surface area contributed by atoms with Crippen molar-refractivity contribution in [3.05, 3.63) is 65.2 Å². The molecule has 0 saturated carbocycles. The van der Waals surface area contributed by atoms with Crippen LogP contribution in [-0.4, -0.2) is 47.9 Å². The zero-order valence-corrected chi connectivity index (χ0v) is 14.6. The van der Waals surface area contributed by atoms with Gasteiger partial charge in [-0.3, -0.25) is 4.79 Å². The van der Waals surface area contributed by atoms with Crippen LogP contribution in [-0.2, 0) is 0 Å². The first kappa shape index (κ1) is 17.3. The van der Waals surface area contributed by atoms with Crippen molar-refractivity contribution in [3.8, 4) is 0 Å². The number of rotatable bonds is 2. The number of anilines is 1. The Morgan fingerprint density at radius 1 is 0.880 bits per heavy atom. The Morgan fingerprint density at radius 3 is 2.36 bits per heavy atom. The van der Waals surface area contributed by atoms with Crippen LogP contribution in [0.5, 0.6) is 0 Å². The molecule has 1 aliphatic rings. The molecule has 0 aromatic heterocycles. The number of urea groups is 1. The fraction of sp³-hybridized carbons (Fsp3) is 0.263. The number of nitrogens with one attached hydrogen (secondary N) is 1. The van der Waals surface area contributed by atoms with E-state index in [4.69, 9.17) is 11.6 Å². The molecule has 2 aromatic carbocycles. The second-order valence-corrected chi connectivity index (χ2v) is 6.38. The zero-order chi connectivity index (χ0) is 17.6. The first-order valence-electron chi connectivity index (χ1n) is 8.29. The van der Waals surface area contributed by atoms with Crippen molar-refractivity contribution in [1.29, 1.82) is 0 Å². The fourth-order valence-electron chi connectivity index (χ4n) is 2.86. The van der Waals surface area contributed by atoms with Crippen LogP contribution in [0.4, 0.5) is 10.5 Å². The summed E-state index contributed by atoms with van der Waals surface area (Å²) >= 11 is 5.94. The maximum absolute atomic E-state index is 12.5. The smallest absolute Gasteiger partial charge is 0.321 e. The number of benzene rings is 2. The molecule has 25 heavy (non-hydrogen) atoms. The number of carbonyl (C=O) groups excluding carboxylic acids is 2. The fourth-order valence-corrected chi connectivity index (χ4v) is 3.05. The number of nitrogens with zero attached hydrogens (tertiary/aromatic N) is 2. The number of hydrogen-bond acceptors (Lipinski definition) is 2. The van der Waals surface area contributed by atoms with Gasteiger partial charge < -0.3 is 15.1 Å². The average molecular weight is 358 g/mol. The summed E-state index contributed by atoms with van der Waals surface area (Å²) in [7, 11) is 0. The molecule has 1 saturated heterocycles. The molecule has 2 aromatic rings. The van der Waals surface area contributed by atoms with Crippen LogP contribution in [0.15, 0.2) is 54.6 Å². The minimum absolute atomic E-state index is 0.0118. The number of carbonyl (C=O) groups is 2. The van der Waals surface area contributed by atoms with E-state index in [0.717, 1.165) is 6.42 Å². The molecule has 1 aliphatic heterocycles. The lowest BCUT2D eigenvalue weighted by Crippen LogP contribution is -2.39. The highest BCUT2D eigenvalue weighted by Gasteiger charge is 2.22. The first-order valence-corrected chi connectivity index (χ1v) is 8.67. The Bertz CT molecular complexity index is 751. The molecular weight excluding hydrogens is 338 g/mol. The lowest BCUT2D eigenvalue weighted by atomic mass is 10.2. The van der Waals surface area contributed by atoms with E-state index < -0.39 is 0 Å². The molecule has 0 spiro atoms. The van der Waals surface area contributed by atoms with Gasteiger partial charge in [0.05, 0.1) is 0 Å². The van der Waals surface area contributed by atoms with Gasteiger partial charge in [-0.15, -0.1) is 0 Å². The first-order chi connectivity index (χ1) is 12.1. The summed E-state index contributed by atoms with van der Waals surface area (Å²) in [5, 5.41) is 3.43. The highest BCUT2D eigenvalue weighted by molar-refractivity contribution is 6.30. The van der Waals surface area contributed by atoms with E-state index in [-0.39, 0.29) is 11.9 Å². The molecule has 0 bridgehead atoms. The van der Waals surface area contributed by atoms with Gasteiger partial charge in [0.1, 0.15) is 0 Å². The van der Waals surface area contributed by atoms with Gasteiger partial charge in [-0.05, 0) is 36.8 Å². The molecule has 1 fully saturated rings. The van der Waals surface area contributed by atoms with Gasteiger partial charge >= 0.3 is 6.03 Å². The molecule has 0 unspecified atom stereocenters. The molecule has 1 heterocycles. The quantitative estimate of drug-likeness (QED) is 0.890. The van der Waals surface area contributed by atoms with Crippen LogP contribution in [0.2, 0.25) is 5.02 Å². The van der Waals surface area contributed by atoms with Gasteiger partial charge in [0.15, 0.2) is 0 Å². The van der Waals surface area contributed by atoms with Crippen LogP contribution >= 0.6 is 11.6 Å². The molecule has 1 N–H and O–H groups in total. The van der Waals surface area contributed by atoms with Crippen molar-refractivity contribution >= 4 is 29.2 Å². The highest BCUT2D eigenvalue weighted by atomic mass is 35.5. The summed E-state index contributed by atoms with van der Waals surface area (Å²) in [6.45, 7) is 2.29. The Kier molecular flexibility index (Phi) is 5.56. The summed E-state index contributed by atoms with van der Waals surface area (Å²) in [6.07, 6.45) is 0.752. The van der Waals surface area contributed by atoms with Crippen LogP contribution in [0, 0.1) is 0 Å². The van der Waals surface area contributed by atoms with Crippen molar-refractivity contribution in [2.24, 2.45) is 0 Å². The molecular formula is C19H20ClN3O2. The lowest BCUT2D eigenvalue weighted by molar-refractivity contribution is 0.0762. The van der Waals surface area contributed by atoms with E-state index in [9.17, 15) is 9.59 Å². The SMILES string of the molecule is O=C(Nc1cccc(Cl)c1)N1CCCN(C(=O)c2ccccc2)CC1. The van der Waals surface area contributed by atoms with E-state index in [1.54, 1.807) is 29.2 Å². The minimum atomic E-state index is -0.170. The molecule has 0 radical (unpaired) electrons. The van der Waals surface area contributed by atoms with Crippen LogP contribution in [0.3, 0.4) is 0 Å². The highest BCUT2D eigenvalue weighted by Crippen LogP contribution is 2.16. The Labute approximate surface area is 152 Å². The van der Waals surface area contributed by atoms with Gasteiger partial charge in [0.25, 0.3) is 5.91 Å². The summed E-state index contributed by atoms with van der Waals surface area (Å²) < 4.78 is 0. The predicted molar refractivity (Wildman–Crippen MR) is 99.0 cm³/mol. The Hall–Kier alpha value is -2.53. The van der Waals surface area contributed by atoms with Crippen LogP contribution in [0.25, 0.3) is 0 Å². The van der Waals surface area contributed by atoms with E-state index in [1.165, 1.54) is 0 Å². The molecule has 0 atom stereocenters. The third-order valence-corrected chi connectivity index (χ3v) is 4.40. The van der Waals surface area contributed by atoms with Crippen molar-refractivity contribution in [3.63, 3.8) is 0 Å². The van der Waals surface area contributed by atoms with Crippen molar-refractivity contribution in [2.75, 3.05) is 31.5 Å². The Balaban J connectivity index is 1.59. The minimum Gasteiger partial charge on any atom is -0.337 e. The van der Waals surface area contributed by atoms with Gasteiger partial charge in [-0.2, -0.15) is 0 Å². The molecule has 3 rings (SSSR count). The second kappa shape index (κ2) is 8.03. The molecule has 130 valence electrons. The van der Waals surface area contributed by atoms with Gasteiger partial charge in [0, 0.05) is 42.5 Å². The molecule has 3 amide bonds. The lowest BCUT2D eigenvalue weighted by Gasteiger charge is -2.22. The normalized spacial score (nSPS) is 14.8. The standard InChI is InChI=1S/C19H20ClN3O2/c20-16-8-4-9-17(14-16)21-19(25)23-11-5-10-22(12-13-23)18(24)15-6-2-1-3-7-15/h1-4,6-9,14H,5,10-13H2,(H,21,25). The maximum atomic E-state index is 12.5. The average Bonchev–Trinajstić information content (AvgIpc) is 2.88. The molecule has 5 nitrogen and oxygen atoms in total. The summed E-state index contributed by atoms with van der Waals surface area (Å²) in [5.41, 5.74) is 1.35. The van der Waals surface area contributed by atoms with E-state index in [0.29, 0.717) is 42.5 Å². The summed E-state index contributed by atoms with van der Waals surface area (Å²) in [6, 6.07) is 16.1. The van der Waals surface area contributed by atoms with Gasteiger partial charge in [0.2, 0.25) is 0 Å². The second-order valence-electron chi connectivity index (χ2n) is 5.94. The largest absolute Gasteiger partial charge is 0.337 e. The maximum Gasteiger partial charge on any atom is 0.321 e. The zero-order valence-electron chi connectivity index (χ0n) is 13.8. The summed E-state index contributed by atoms with van der Waals surface area (Å²) in [5.74, 6) is 0.0118. The van der Waals surface area contributed by atoms with E-state index in [2.05, 4.69) is 5.32 Å². The number of hydrogen-bond donors (Lipinski definition) is 1. The van der Waals surface area contributed by atoms with Crippen molar-refractivity contribution in [1.82, 2.24) is 9.80 Å². The summed E-state index contributed by atoms with van der Waals surface area (Å²) in [4.78, 5) is 28.5. The third kappa shape index (κ3) is 4.51. The van der Waals surface area contributed by atoms with Crippen molar-refractivity contribution < 1.29 is 9.59 Å². The van der Waals surface area contributed by atoms with E-state index >= 15 is 0 Å². The predicted octanol–water partition coefficient (Wildman–Crippen LogP) is 3.72. The topological polar surface area (TPSA) is 52.7 Å². The third-order valence-electron chi connectivity index (χ3n) is 4.17. The number of amides is 3. The van der Waals surface area contributed by atoms with Crippen molar-refractivity contribution in [2.45, 2.75) is 6.42 Å². The Morgan fingerprint density at radius 2 is 1.60 bits per heavy atom. The monoisotopic (exact) mass is 357 g/mol. The molecule has 0 aliphatic carbocycles. The van der Waals surface area contributed by atoms with Crippen LogP contribution in [0.1, 0.15) is 16.8 Å².